The number of para-hydroxylation sites is 1. The molecule has 0 saturated carbocycles. The normalized spacial score (nSPS) is 10.8. The number of aromatic nitrogens is 2. The molecule has 5 nitrogen and oxygen atoms in total. The number of nitrogens with zero attached hydrogens (tertiary/aromatic N) is 2. The zero-order valence-electron chi connectivity index (χ0n) is 14.6. The number of nitrogens with one attached hydrogen (secondary N) is 1. The molecule has 28 heavy (non-hydrogen) atoms. The molecule has 4 rings (SSSR count). The zero-order valence-corrected chi connectivity index (χ0v) is 15.4. The SMILES string of the molecule is O=C(Nc1ccc(F)c(Cl)c1)c1ccccc1OCc1cn2ccccc2n1. The third kappa shape index (κ3) is 3.82. The van der Waals surface area contributed by atoms with Gasteiger partial charge < -0.3 is 14.5 Å². The highest BCUT2D eigenvalue weighted by Crippen LogP contribution is 2.23. The van der Waals surface area contributed by atoms with Crippen molar-refractivity contribution in [3.63, 3.8) is 0 Å². The number of hydrogen-bond acceptors (Lipinski definition) is 3. The Bertz CT molecular complexity index is 1130. The van der Waals surface area contributed by atoms with E-state index in [0.717, 1.165) is 11.3 Å². The molecule has 2 aromatic heterocycles. The Hall–Kier alpha value is -3.38. The summed E-state index contributed by atoms with van der Waals surface area (Å²) in [6.07, 6.45) is 3.78. The van der Waals surface area contributed by atoms with E-state index in [2.05, 4.69) is 10.3 Å². The summed E-state index contributed by atoms with van der Waals surface area (Å²) in [6, 6.07) is 16.6. The first kappa shape index (κ1) is 18.0. The van der Waals surface area contributed by atoms with Crippen molar-refractivity contribution in [2.45, 2.75) is 6.61 Å². The van der Waals surface area contributed by atoms with E-state index < -0.39 is 5.82 Å². The van der Waals surface area contributed by atoms with Crippen molar-refractivity contribution in [2.75, 3.05) is 5.32 Å². The average molecular weight is 396 g/mol. The number of carbonyl (C=O) groups excluding carboxylic acids is 1. The number of carbonyl (C=O) groups is 1. The van der Waals surface area contributed by atoms with Gasteiger partial charge in [0.15, 0.2) is 0 Å². The number of benzene rings is 2. The molecule has 0 fully saturated rings. The molecule has 0 spiro atoms. The Morgan fingerprint density at radius 1 is 1.14 bits per heavy atom. The fraction of sp³-hybridized carbons (Fsp3) is 0.0476. The molecule has 2 heterocycles. The highest BCUT2D eigenvalue weighted by Gasteiger charge is 2.14. The van der Waals surface area contributed by atoms with Gasteiger partial charge in [0.1, 0.15) is 23.8 Å². The summed E-state index contributed by atoms with van der Waals surface area (Å²) in [4.78, 5) is 17.1. The Morgan fingerprint density at radius 3 is 2.79 bits per heavy atom. The van der Waals surface area contributed by atoms with Crippen molar-refractivity contribution in [2.24, 2.45) is 0 Å². The molecule has 0 atom stereocenters. The smallest absolute Gasteiger partial charge is 0.259 e. The van der Waals surface area contributed by atoms with Gasteiger partial charge in [0, 0.05) is 18.1 Å². The second-order valence-electron chi connectivity index (χ2n) is 6.07. The number of amides is 1. The van der Waals surface area contributed by atoms with Crippen LogP contribution in [-0.2, 0) is 6.61 Å². The van der Waals surface area contributed by atoms with Crippen LogP contribution in [-0.4, -0.2) is 15.3 Å². The molecule has 0 aliphatic heterocycles. The van der Waals surface area contributed by atoms with Gasteiger partial charge in [0.2, 0.25) is 0 Å². The first-order valence-corrected chi connectivity index (χ1v) is 8.89. The van der Waals surface area contributed by atoms with Gasteiger partial charge in [-0.3, -0.25) is 4.79 Å². The Kier molecular flexibility index (Phi) is 4.95. The van der Waals surface area contributed by atoms with Crippen molar-refractivity contribution in [1.82, 2.24) is 9.38 Å². The molecule has 0 radical (unpaired) electrons. The zero-order chi connectivity index (χ0) is 19.5. The van der Waals surface area contributed by atoms with Crippen LogP contribution in [0.3, 0.4) is 0 Å². The van der Waals surface area contributed by atoms with Crippen molar-refractivity contribution in [1.29, 1.82) is 0 Å². The third-order valence-corrected chi connectivity index (χ3v) is 4.39. The Balaban J connectivity index is 1.51. The van der Waals surface area contributed by atoms with Gasteiger partial charge >= 0.3 is 0 Å². The van der Waals surface area contributed by atoms with Crippen LogP contribution >= 0.6 is 11.6 Å². The van der Waals surface area contributed by atoms with Crippen LogP contribution < -0.4 is 10.1 Å². The molecule has 140 valence electrons. The number of imidazole rings is 1. The molecule has 7 heteroatoms. The standard InChI is InChI=1S/C21H15ClFN3O2/c22-17-11-14(8-9-18(17)23)25-21(27)16-5-1-2-6-19(16)28-13-15-12-26-10-4-3-7-20(26)24-15/h1-12H,13H2,(H,25,27). The van der Waals surface area contributed by atoms with Crippen molar-refractivity contribution in [3.05, 3.63) is 95.2 Å². The van der Waals surface area contributed by atoms with E-state index >= 15 is 0 Å². The molecular weight excluding hydrogens is 381 g/mol. The van der Waals surface area contributed by atoms with E-state index in [9.17, 15) is 9.18 Å². The van der Waals surface area contributed by atoms with Crippen molar-refractivity contribution >= 4 is 28.8 Å². The van der Waals surface area contributed by atoms with Crippen LogP contribution in [0.5, 0.6) is 5.75 Å². The highest BCUT2D eigenvalue weighted by atomic mass is 35.5. The highest BCUT2D eigenvalue weighted by molar-refractivity contribution is 6.31. The summed E-state index contributed by atoms with van der Waals surface area (Å²) in [6.45, 7) is 0.217. The van der Waals surface area contributed by atoms with Crippen LogP contribution in [0.2, 0.25) is 5.02 Å². The Labute approximate surface area is 165 Å². The van der Waals surface area contributed by atoms with Gasteiger partial charge in [0.25, 0.3) is 5.91 Å². The lowest BCUT2D eigenvalue weighted by molar-refractivity contribution is 0.102. The Morgan fingerprint density at radius 2 is 1.96 bits per heavy atom. The van der Waals surface area contributed by atoms with E-state index in [-0.39, 0.29) is 17.5 Å². The van der Waals surface area contributed by atoms with Gasteiger partial charge in [0.05, 0.1) is 16.3 Å². The quantitative estimate of drug-likeness (QED) is 0.519. The summed E-state index contributed by atoms with van der Waals surface area (Å²) in [5, 5.41) is 2.64. The number of fused-ring (bicyclic) bond motifs is 1. The number of pyridine rings is 1. The largest absolute Gasteiger partial charge is 0.486 e. The van der Waals surface area contributed by atoms with E-state index in [1.165, 1.54) is 18.2 Å². The van der Waals surface area contributed by atoms with Crippen LogP contribution in [0.4, 0.5) is 10.1 Å². The van der Waals surface area contributed by atoms with E-state index in [0.29, 0.717) is 17.0 Å². The predicted octanol–water partition coefficient (Wildman–Crippen LogP) is 4.96. The maximum atomic E-state index is 13.3. The van der Waals surface area contributed by atoms with E-state index in [1.54, 1.807) is 24.3 Å². The second-order valence-corrected chi connectivity index (χ2v) is 6.47. The molecule has 0 unspecified atom stereocenters. The lowest BCUT2D eigenvalue weighted by Crippen LogP contribution is -2.13. The monoisotopic (exact) mass is 395 g/mol. The molecular formula is C21H15ClFN3O2. The predicted molar refractivity (Wildman–Crippen MR) is 105 cm³/mol. The van der Waals surface area contributed by atoms with Gasteiger partial charge in [-0.2, -0.15) is 0 Å². The lowest BCUT2D eigenvalue weighted by atomic mass is 10.2. The molecule has 0 bridgehead atoms. The summed E-state index contributed by atoms with van der Waals surface area (Å²) in [7, 11) is 0. The number of hydrogen-bond donors (Lipinski definition) is 1. The summed E-state index contributed by atoms with van der Waals surface area (Å²) in [5.74, 6) is -0.505. The van der Waals surface area contributed by atoms with E-state index in [4.69, 9.17) is 16.3 Å². The van der Waals surface area contributed by atoms with Crippen molar-refractivity contribution in [3.8, 4) is 5.75 Å². The van der Waals surface area contributed by atoms with Gasteiger partial charge in [-0.1, -0.05) is 29.8 Å². The molecule has 0 saturated heterocycles. The van der Waals surface area contributed by atoms with Crippen LogP contribution in [0, 0.1) is 5.82 Å². The van der Waals surface area contributed by atoms with E-state index in [1.807, 2.05) is 35.0 Å². The summed E-state index contributed by atoms with van der Waals surface area (Å²) in [5.41, 5.74) is 2.31. The number of anilines is 1. The van der Waals surface area contributed by atoms with Gasteiger partial charge in [-0.15, -0.1) is 0 Å². The van der Waals surface area contributed by atoms with Crippen LogP contribution in [0.15, 0.2) is 73.1 Å². The maximum Gasteiger partial charge on any atom is 0.259 e. The second kappa shape index (κ2) is 7.70. The maximum absolute atomic E-state index is 13.3. The van der Waals surface area contributed by atoms with Crippen molar-refractivity contribution < 1.29 is 13.9 Å². The third-order valence-electron chi connectivity index (χ3n) is 4.10. The first-order chi connectivity index (χ1) is 13.6. The average Bonchev–Trinajstić information content (AvgIpc) is 3.12. The minimum absolute atomic E-state index is 0.0609. The van der Waals surface area contributed by atoms with Crippen LogP contribution in [0.25, 0.3) is 5.65 Å². The minimum Gasteiger partial charge on any atom is -0.486 e. The minimum atomic E-state index is -0.546. The van der Waals surface area contributed by atoms with Gasteiger partial charge in [-0.05, 0) is 42.5 Å². The first-order valence-electron chi connectivity index (χ1n) is 8.51. The summed E-state index contributed by atoms with van der Waals surface area (Å²) < 4.78 is 21.0. The van der Waals surface area contributed by atoms with Gasteiger partial charge in [-0.25, -0.2) is 9.37 Å². The number of rotatable bonds is 5. The molecule has 0 aliphatic carbocycles. The number of halogens is 2. The van der Waals surface area contributed by atoms with Crippen LogP contribution in [0.1, 0.15) is 16.1 Å². The molecule has 4 aromatic rings. The molecule has 0 aliphatic rings. The summed E-state index contributed by atoms with van der Waals surface area (Å²) >= 11 is 5.77. The fourth-order valence-electron chi connectivity index (χ4n) is 2.76. The lowest BCUT2D eigenvalue weighted by Gasteiger charge is -2.11. The number of ether oxygens (including phenoxy) is 1. The molecule has 1 amide bonds. The fourth-order valence-corrected chi connectivity index (χ4v) is 2.94. The molecule has 2 aromatic carbocycles. The molecule has 1 N–H and O–H groups in total. The topological polar surface area (TPSA) is 55.6 Å².